The number of benzene rings is 1. The van der Waals surface area contributed by atoms with E-state index >= 15 is 0 Å². The SMILES string of the molecule is CC(C)(C)OC(=O)N(CCCOCCC(=O)Nc1cccc2c1CN(C1CCC(=O)NC1=O)C2=O)[C@H]1CC[C@@H](N=[N+]=[N-])CC1. The Balaban J connectivity index is 1.23. The van der Waals surface area contributed by atoms with Gasteiger partial charge in [0.25, 0.3) is 5.91 Å². The van der Waals surface area contributed by atoms with E-state index < -0.39 is 17.6 Å². The normalized spacial score (nSPS) is 21.7. The van der Waals surface area contributed by atoms with Crippen LogP contribution in [0.2, 0.25) is 0 Å². The number of piperidine rings is 1. The van der Waals surface area contributed by atoms with Crippen LogP contribution in [-0.4, -0.2) is 83.0 Å². The van der Waals surface area contributed by atoms with Crippen LogP contribution in [0.4, 0.5) is 10.5 Å². The summed E-state index contributed by atoms with van der Waals surface area (Å²) in [5.74, 6) is -1.43. The molecular formula is C30H41N7O7. The van der Waals surface area contributed by atoms with Gasteiger partial charge in [-0.05, 0) is 77.0 Å². The lowest BCUT2D eigenvalue weighted by Gasteiger charge is -2.37. The lowest BCUT2D eigenvalue weighted by molar-refractivity contribution is -0.137. The van der Waals surface area contributed by atoms with Crippen molar-refractivity contribution in [2.45, 2.75) is 102 Å². The fourth-order valence-electron chi connectivity index (χ4n) is 5.82. The second-order valence-electron chi connectivity index (χ2n) is 12.3. The Morgan fingerprint density at radius 1 is 1.14 bits per heavy atom. The van der Waals surface area contributed by atoms with Crippen LogP contribution in [0.1, 0.15) is 88.1 Å². The van der Waals surface area contributed by atoms with Crippen molar-refractivity contribution in [3.05, 3.63) is 39.8 Å². The van der Waals surface area contributed by atoms with Crippen LogP contribution in [0.25, 0.3) is 10.4 Å². The zero-order chi connectivity index (χ0) is 31.9. The molecule has 4 rings (SSSR count). The van der Waals surface area contributed by atoms with Crippen LogP contribution in [0.15, 0.2) is 23.3 Å². The van der Waals surface area contributed by atoms with E-state index in [4.69, 9.17) is 15.0 Å². The number of nitrogens with one attached hydrogen (secondary N) is 2. The lowest BCUT2D eigenvalue weighted by atomic mass is 9.90. The van der Waals surface area contributed by atoms with Gasteiger partial charge in [-0.25, -0.2) is 4.79 Å². The Kier molecular flexibility index (Phi) is 10.8. The highest BCUT2D eigenvalue weighted by Crippen LogP contribution is 2.32. The number of azide groups is 1. The van der Waals surface area contributed by atoms with Gasteiger partial charge in [-0.3, -0.25) is 24.5 Å². The maximum absolute atomic E-state index is 13.0. The molecule has 14 nitrogen and oxygen atoms in total. The monoisotopic (exact) mass is 611 g/mol. The lowest BCUT2D eigenvalue weighted by Crippen LogP contribution is -2.52. The standard InChI is InChI=1S/C30H41N7O7/c1-30(2,3)44-29(42)36(20-10-8-19(9-11-20)34-35-31)15-5-16-43-17-14-26(39)32-23-7-4-6-21-22(23)18-37(28(21)41)24-12-13-25(38)33-27(24)40/h4,6-7,19-20,24H,5,8-18H2,1-3H3,(H,32,39)(H,33,38,40)/t19-,20+,24?. The topological polar surface area (TPSA) is 183 Å². The molecule has 0 aromatic heterocycles. The minimum absolute atomic E-state index is 0.00818. The fraction of sp³-hybridized carbons (Fsp3) is 0.633. The van der Waals surface area contributed by atoms with E-state index in [2.05, 4.69) is 20.7 Å². The van der Waals surface area contributed by atoms with E-state index in [1.54, 1.807) is 23.1 Å². The Bertz CT molecular complexity index is 1310. The molecule has 5 amide bonds. The maximum Gasteiger partial charge on any atom is 0.410 e. The zero-order valence-corrected chi connectivity index (χ0v) is 25.5. The maximum atomic E-state index is 13.0. The highest BCUT2D eigenvalue weighted by atomic mass is 16.6. The Labute approximate surface area is 256 Å². The van der Waals surface area contributed by atoms with E-state index in [0.29, 0.717) is 49.2 Å². The molecule has 44 heavy (non-hydrogen) atoms. The predicted molar refractivity (Wildman–Crippen MR) is 159 cm³/mol. The number of ether oxygens (including phenoxy) is 2. The molecule has 1 aromatic rings. The molecular weight excluding hydrogens is 570 g/mol. The smallest absolute Gasteiger partial charge is 0.410 e. The first-order valence-corrected chi connectivity index (χ1v) is 15.1. The van der Waals surface area contributed by atoms with Crippen molar-refractivity contribution < 1.29 is 33.4 Å². The Morgan fingerprint density at radius 3 is 2.57 bits per heavy atom. The second kappa shape index (κ2) is 14.5. The van der Waals surface area contributed by atoms with Crippen molar-refractivity contribution in [3.63, 3.8) is 0 Å². The number of carbonyl (C=O) groups is 5. The van der Waals surface area contributed by atoms with Gasteiger partial charge in [-0.2, -0.15) is 0 Å². The van der Waals surface area contributed by atoms with Crippen LogP contribution in [0.3, 0.4) is 0 Å². The minimum Gasteiger partial charge on any atom is -0.444 e. The number of rotatable bonds is 11. The van der Waals surface area contributed by atoms with Crippen LogP contribution in [0.5, 0.6) is 0 Å². The highest BCUT2D eigenvalue weighted by Gasteiger charge is 2.40. The molecule has 3 aliphatic rings. The molecule has 1 aromatic carbocycles. The summed E-state index contributed by atoms with van der Waals surface area (Å²) in [6, 6.07) is 4.26. The van der Waals surface area contributed by atoms with Crippen LogP contribution in [0, 0.1) is 0 Å². The van der Waals surface area contributed by atoms with E-state index in [1.165, 1.54) is 4.90 Å². The van der Waals surface area contributed by atoms with Gasteiger partial charge in [0.2, 0.25) is 17.7 Å². The predicted octanol–water partition coefficient (Wildman–Crippen LogP) is 4.04. The number of fused-ring (bicyclic) bond motifs is 1. The molecule has 0 bridgehead atoms. The number of hydrogen-bond donors (Lipinski definition) is 2. The summed E-state index contributed by atoms with van der Waals surface area (Å²) in [4.78, 5) is 68.6. The fourth-order valence-corrected chi connectivity index (χ4v) is 5.82. The molecule has 2 N–H and O–H groups in total. The summed E-state index contributed by atoms with van der Waals surface area (Å²) < 4.78 is 11.3. The highest BCUT2D eigenvalue weighted by molar-refractivity contribution is 6.06. The van der Waals surface area contributed by atoms with E-state index in [0.717, 1.165) is 12.8 Å². The molecule has 2 aliphatic heterocycles. The van der Waals surface area contributed by atoms with Crippen LogP contribution < -0.4 is 10.6 Å². The molecule has 238 valence electrons. The summed E-state index contributed by atoms with van der Waals surface area (Å²) >= 11 is 0. The summed E-state index contributed by atoms with van der Waals surface area (Å²) in [6.45, 7) is 6.59. The van der Waals surface area contributed by atoms with Gasteiger partial charge in [-0.15, -0.1) is 0 Å². The van der Waals surface area contributed by atoms with Gasteiger partial charge in [0.1, 0.15) is 11.6 Å². The number of nitrogens with zero attached hydrogens (tertiary/aromatic N) is 5. The molecule has 0 radical (unpaired) electrons. The van der Waals surface area contributed by atoms with Gasteiger partial charge in [0, 0.05) is 59.9 Å². The minimum atomic E-state index is -0.733. The zero-order valence-electron chi connectivity index (χ0n) is 25.5. The molecule has 1 aliphatic carbocycles. The first-order valence-electron chi connectivity index (χ1n) is 15.1. The van der Waals surface area contributed by atoms with E-state index in [1.807, 2.05) is 20.8 Å². The third-order valence-corrected chi connectivity index (χ3v) is 7.97. The second-order valence-corrected chi connectivity index (χ2v) is 12.3. The molecule has 2 fully saturated rings. The number of imide groups is 1. The van der Waals surface area contributed by atoms with E-state index in [-0.39, 0.29) is 68.3 Å². The first kappa shape index (κ1) is 32.7. The van der Waals surface area contributed by atoms with Gasteiger partial charge in [0.15, 0.2) is 0 Å². The summed E-state index contributed by atoms with van der Waals surface area (Å²) in [5, 5.41) is 8.96. The molecule has 2 heterocycles. The third-order valence-electron chi connectivity index (χ3n) is 7.97. The number of amides is 5. The molecule has 1 atom stereocenters. The molecule has 14 heteroatoms. The summed E-state index contributed by atoms with van der Waals surface area (Å²) in [7, 11) is 0. The van der Waals surface area contributed by atoms with Gasteiger partial charge in [0.05, 0.1) is 13.0 Å². The van der Waals surface area contributed by atoms with Crippen molar-refractivity contribution >= 4 is 35.4 Å². The molecule has 1 saturated carbocycles. The average Bonchev–Trinajstić information content (AvgIpc) is 3.29. The molecule has 1 unspecified atom stereocenters. The van der Waals surface area contributed by atoms with Crippen molar-refractivity contribution in [3.8, 4) is 0 Å². The van der Waals surface area contributed by atoms with Crippen molar-refractivity contribution in [2.24, 2.45) is 5.11 Å². The van der Waals surface area contributed by atoms with Gasteiger partial charge < -0.3 is 24.6 Å². The van der Waals surface area contributed by atoms with Crippen molar-refractivity contribution in [1.29, 1.82) is 0 Å². The number of anilines is 1. The number of carbonyl (C=O) groups excluding carboxylic acids is 5. The largest absolute Gasteiger partial charge is 0.444 e. The Morgan fingerprint density at radius 2 is 1.89 bits per heavy atom. The summed E-state index contributed by atoms with van der Waals surface area (Å²) in [5.41, 5.74) is 9.64. The summed E-state index contributed by atoms with van der Waals surface area (Å²) in [6.07, 6.45) is 3.58. The van der Waals surface area contributed by atoms with Crippen molar-refractivity contribution in [1.82, 2.24) is 15.1 Å². The van der Waals surface area contributed by atoms with Gasteiger partial charge >= 0.3 is 6.09 Å². The van der Waals surface area contributed by atoms with Crippen LogP contribution in [-0.2, 0) is 30.4 Å². The third kappa shape index (κ3) is 8.48. The van der Waals surface area contributed by atoms with Crippen molar-refractivity contribution in [2.75, 3.05) is 25.1 Å². The molecule has 1 saturated heterocycles. The Hall–Kier alpha value is -4.16. The quantitative estimate of drug-likeness (QED) is 0.124. The molecule has 0 spiro atoms. The first-order chi connectivity index (χ1) is 21.0. The average molecular weight is 612 g/mol. The number of hydrogen-bond acceptors (Lipinski definition) is 8. The van der Waals surface area contributed by atoms with E-state index in [9.17, 15) is 24.0 Å². The van der Waals surface area contributed by atoms with Gasteiger partial charge in [-0.1, -0.05) is 11.2 Å². The van der Waals surface area contributed by atoms with Crippen LogP contribution >= 0.6 is 0 Å².